The largest absolute Gasteiger partial charge is 0.485 e. The zero-order valence-electron chi connectivity index (χ0n) is 15.2. The Hall–Kier alpha value is -2.86. The maximum Gasteiger partial charge on any atom is 0.319 e. The van der Waals surface area contributed by atoms with Crippen LogP contribution in [0.3, 0.4) is 0 Å². The van der Waals surface area contributed by atoms with Crippen molar-refractivity contribution < 1.29 is 9.53 Å². The van der Waals surface area contributed by atoms with Crippen LogP contribution in [0, 0.1) is 0 Å². The number of hydrogen-bond donors (Lipinski definition) is 2. The summed E-state index contributed by atoms with van der Waals surface area (Å²) < 4.78 is 5.79. The third-order valence-electron chi connectivity index (χ3n) is 4.08. The number of nitrogens with zero attached hydrogens (tertiary/aromatic N) is 1. The predicted octanol–water partition coefficient (Wildman–Crippen LogP) is 4.86. The van der Waals surface area contributed by atoms with Crippen LogP contribution in [0.25, 0.3) is 0 Å². The van der Waals surface area contributed by atoms with Gasteiger partial charge in [-0.05, 0) is 37.5 Å². The van der Waals surface area contributed by atoms with Gasteiger partial charge in [0.2, 0.25) is 0 Å². The summed E-state index contributed by atoms with van der Waals surface area (Å²) in [6, 6.07) is 17.5. The number of urea groups is 1. The molecule has 0 aliphatic carbocycles. The number of para-hydroxylation sites is 2. The van der Waals surface area contributed by atoms with E-state index in [2.05, 4.69) is 27.8 Å². The number of benzene rings is 2. The van der Waals surface area contributed by atoms with Gasteiger partial charge in [-0.3, -0.25) is 0 Å². The highest BCUT2D eigenvalue weighted by Crippen LogP contribution is 2.24. The van der Waals surface area contributed by atoms with E-state index < -0.39 is 0 Å². The summed E-state index contributed by atoms with van der Waals surface area (Å²) in [5.41, 5.74) is 4.55. The maximum atomic E-state index is 12.3. The second-order valence-electron chi connectivity index (χ2n) is 6.29. The first kappa shape index (κ1) is 18.9. The van der Waals surface area contributed by atoms with Crippen molar-refractivity contribution >= 4 is 23.1 Å². The van der Waals surface area contributed by atoms with Crippen molar-refractivity contribution in [1.82, 2.24) is 10.3 Å². The molecule has 0 saturated carbocycles. The van der Waals surface area contributed by atoms with Crippen LogP contribution in [-0.4, -0.2) is 17.1 Å². The normalized spacial score (nSPS) is 11.6. The lowest BCUT2D eigenvalue weighted by molar-refractivity contribution is 0.248. The Kier molecular flexibility index (Phi) is 6.82. The summed E-state index contributed by atoms with van der Waals surface area (Å²) in [5, 5.41) is 7.80. The Balaban J connectivity index is 1.49. The van der Waals surface area contributed by atoms with Crippen LogP contribution in [-0.2, 0) is 13.0 Å². The van der Waals surface area contributed by atoms with Crippen LogP contribution in [0.2, 0.25) is 0 Å². The molecule has 3 rings (SSSR count). The number of aryl methyl sites for hydroxylation is 1. The standard InChI is InChI=1S/C21H23N3O2S/c1-16(11-12-17-7-3-2-4-8-17)23-21(25)24-19-9-5-6-10-20(19)26-13-18-14-27-15-22-18/h2-10,14-16H,11-13H2,1H3,(H2,23,24,25)/t16-/m0/s1. The molecule has 0 aliphatic rings. The van der Waals surface area contributed by atoms with Gasteiger partial charge in [0.1, 0.15) is 12.4 Å². The third-order valence-corrected chi connectivity index (χ3v) is 4.72. The first-order valence-electron chi connectivity index (χ1n) is 8.91. The number of ether oxygens (including phenoxy) is 1. The van der Waals surface area contributed by atoms with Crippen LogP contribution in [0.1, 0.15) is 24.6 Å². The summed E-state index contributed by atoms with van der Waals surface area (Å²) in [4.78, 5) is 16.5. The van der Waals surface area contributed by atoms with E-state index in [4.69, 9.17) is 4.74 Å². The molecule has 1 aromatic heterocycles. The zero-order chi connectivity index (χ0) is 18.9. The van der Waals surface area contributed by atoms with Gasteiger partial charge in [-0.1, -0.05) is 42.5 Å². The fourth-order valence-corrected chi connectivity index (χ4v) is 3.18. The molecule has 27 heavy (non-hydrogen) atoms. The van der Waals surface area contributed by atoms with Crippen molar-refractivity contribution in [3.8, 4) is 5.75 Å². The maximum absolute atomic E-state index is 12.3. The molecule has 3 aromatic rings. The zero-order valence-corrected chi connectivity index (χ0v) is 16.0. The van der Waals surface area contributed by atoms with Crippen LogP contribution in [0.5, 0.6) is 5.75 Å². The van der Waals surface area contributed by atoms with Crippen molar-refractivity contribution in [1.29, 1.82) is 0 Å². The van der Waals surface area contributed by atoms with Gasteiger partial charge >= 0.3 is 6.03 Å². The Morgan fingerprint density at radius 1 is 1.15 bits per heavy atom. The number of thiazole rings is 1. The molecule has 0 bridgehead atoms. The molecule has 0 radical (unpaired) electrons. The minimum Gasteiger partial charge on any atom is -0.485 e. The second kappa shape index (κ2) is 9.73. The van der Waals surface area contributed by atoms with E-state index in [1.54, 1.807) is 5.51 Å². The van der Waals surface area contributed by atoms with Gasteiger partial charge in [0.25, 0.3) is 0 Å². The van der Waals surface area contributed by atoms with Gasteiger partial charge in [-0.25, -0.2) is 9.78 Å². The fraction of sp³-hybridized carbons (Fsp3) is 0.238. The fourth-order valence-electron chi connectivity index (χ4n) is 2.64. The van der Waals surface area contributed by atoms with Gasteiger partial charge in [0.15, 0.2) is 0 Å². The highest BCUT2D eigenvalue weighted by molar-refractivity contribution is 7.07. The molecular formula is C21H23N3O2S. The minimum atomic E-state index is -0.236. The van der Waals surface area contributed by atoms with Crippen LogP contribution in [0.4, 0.5) is 10.5 Å². The number of amides is 2. The molecule has 5 nitrogen and oxygen atoms in total. The van der Waals surface area contributed by atoms with Crippen LogP contribution >= 0.6 is 11.3 Å². The summed E-state index contributed by atoms with van der Waals surface area (Å²) in [5.74, 6) is 0.623. The number of carbonyl (C=O) groups is 1. The highest BCUT2D eigenvalue weighted by Gasteiger charge is 2.11. The predicted molar refractivity (Wildman–Crippen MR) is 109 cm³/mol. The first-order chi connectivity index (χ1) is 13.2. The second-order valence-corrected chi connectivity index (χ2v) is 7.01. The summed E-state index contributed by atoms with van der Waals surface area (Å²) >= 11 is 1.53. The molecule has 140 valence electrons. The molecule has 0 saturated heterocycles. The monoisotopic (exact) mass is 381 g/mol. The Morgan fingerprint density at radius 3 is 2.70 bits per heavy atom. The van der Waals surface area contributed by atoms with Gasteiger partial charge in [0.05, 0.1) is 16.9 Å². The van der Waals surface area contributed by atoms with Crippen molar-refractivity contribution in [2.45, 2.75) is 32.4 Å². The molecule has 1 atom stereocenters. The van der Waals surface area contributed by atoms with Crippen molar-refractivity contribution in [3.05, 3.63) is 76.7 Å². The summed E-state index contributed by atoms with van der Waals surface area (Å²) in [6.45, 7) is 2.38. The number of anilines is 1. The lowest BCUT2D eigenvalue weighted by Crippen LogP contribution is -2.36. The average molecular weight is 382 g/mol. The Morgan fingerprint density at radius 2 is 1.93 bits per heavy atom. The number of hydrogen-bond acceptors (Lipinski definition) is 4. The van der Waals surface area contributed by atoms with Gasteiger partial charge in [0, 0.05) is 11.4 Å². The lowest BCUT2D eigenvalue weighted by Gasteiger charge is -2.16. The van der Waals surface area contributed by atoms with E-state index in [-0.39, 0.29) is 12.1 Å². The Bertz CT molecular complexity index is 838. The van der Waals surface area contributed by atoms with Crippen LogP contribution < -0.4 is 15.4 Å². The first-order valence-corrected chi connectivity index (χ1v) is 9.85. The van der Waals surface area contributed by atoms with E-state index in [1.807, 2.05) is 54.8 Å². The van der Waals surface area contributed by atoms with Crippen LogP contribution in [0.15, 0.2) is 65.5 Å². The number of aromatic nitrogens is 1. The number of rotatable bonds is 8. The van der Waals surface area contributed by atoms with Gasteiger partial charge in [-0.15, -0.1) is 11.3 Å². The molecular weight excluding hydrogens is 358 g/mol. The molecule has 1 heterocycles. The molecule has 0 fully saturated rings. The lowest BCUT2D eigenvalue weighted by atomic mass is 10.1. The van der Waals surface area contributed by atoms with E-state index in [1.165, 1.54) is 16.9 Å². The summed E-state index contributed by atoms with van der Waals surface area (Å²) in [7, 11) is 0. The third kappa shape index (κ3) is 6.11. The molecule has 2 N–H and O–H groups in total. The minimum absolute atomic E-state index is 0.0632. The topological polar surface area (TPSA) is 63.2 Å². The van der Waals surface area contributed by atoms with Gasteiger partial charge in [-0.2, -0.15) is 0 Å². The van der Waals surface area contributed by atoms with E-state index in [9.17, 15) is 4.79 Å². The Labute approximate surface area is 163 Å². The SMILES string of the molecule is C[C@@H](CCc1ccccc1)NC(=O)Nc1ccccc1OCc1cscn1. The van der Waals surface area contributed by atoms with Crippen molar-refractivity contribution in [2.24, 2.45) is 0 Å². The number of carbonyl (C=O) groups excluding carboxylic acids is 1. The summed E-state index contributed by atoms with van der Waals surface area (Å²) in [6.07, 6.45) is 1.80. The molecule has 0 spiro atoms. The van der Waals surface area contributed by atoms with Crippen molar-refractivity contribution in [2.75, 3.05) is 5.32 Å². The van der Waals surface area contributed by atoms with Crippen molar-refractivity contribution in [3.63, 3.8) is 0 Å². The molecule has 0 aliphatic heterocycles. The van der Waals surface area contributed by atoms with E-state index >= 15 is 0 Å². The molecule has 0 unspecified atom stereocenters. The smallest absolute Gasteiger partial charge is 0.319 e. The average Bonchev–Trinajstić information content (AvgIpc) is 3.20. The van der Waals surface area contributed by atoms with E-state index in [0.29, 0.717) is 18.0 Å². The highest BCUT2D eigenvalue weighted by atomic mass is 32.1. The molecule has 6 heteroatoms. The molecule has 2 amide bonds. The van der Waals surface area contributed by atoms with Gasteiger partial charge < -0.3 is 15.4 Å². The van der Waals surface area contributed by atoms with E-state index in [0.717, 1.165) is 18.5 Å². The molecule has 2 aromatic carbocycles. The number of nitrogens with one attached hydrogen (secondary N) is 2. The quantitative estimate of drug-likeness (QED) is 0.585.